The van der Waals surface area contributed by atoms with Gasteiger partial charge < -0.3 is 65.0 Å². The molecular formula is C39H65Cl2NO10. The second-order valence-corrected chi connectivity index (χ2v) is 12.6. The first-order valence-electron chi connectivity index (χ1n) is 18.7. The maximum absolute atomic E-state index is 8.67. The number of aryl methyl sites for hydroxylation is 2. The van der Waals surface area contributed by atoms with Crippen LogP contribution in [0.2, 0.25) is 0 Å². The smallest absolute Gasteiger partial charge is 0.119 e. The number of quaternary nitrogens is 1. The summed E-state index contributed by atoms with van der Waals surface area (Å²) >= 11 is 0. The van der Waals surface area contributed by atoms with Crippen LogP contribution in [0.1, 0.15) is 43.2 Å². The highest BCUT2D eigenvalue weighted by molar-refractivity contribution is 5.85. The lowest BCUT2D eigenvalue weighted by atomic mass is 10.0. The molecule has 2 aromatic rings. The molecule has 0 amide bonds. The van der Waals surface area contributed by atoms with Crippen LogP contribution < -0.4 is 21.9 Å². The molecule has 1 heterocycles. The summed E-state index contributed by atoms with van der Waals surface area (Å²) in [6.45, 7) is 12.0. The molecule has 0 atom stereocenters. The quantitative estimate of drug-likeness (QED) is 0.0838. The lowest BCUT2D eigenvalue weighted by Crippen LogP contribution is -3.00. The molecule has 0 radical (unpaired) electrons. The van der Waals surface area contributed by atoms with E-state index in [0.29, 0.717) is 92.5 Å². The standard InChI is InChI=1S/C39H64NO10.2ClH/c41-20-22-43-24-26-45-28-30-47-32-34-49-38-12-8-36(9-13-38)6-4-18-40(16-2-1-3-17-40)19-5-7-37-10-14-39(15-11-37)50-35-33-48-31-29-46-27-25-44-23-21-42;;/h8-15,41-42H,1-7,16-35H2;2*1H/q+1;;/p-1. The van der Waals surface area contributed by atoms with Gasteiger partial charge >= 0.3 is 0 Å². The van der Waals surface area contributed by atoms with E-state index in [4.69, 9.17) is 48.1 Å². The van der Waals surface area contributed by atoms with Gasteiger partial charge in [-0.3, -0.25) is 0 Å². The summed E-state index contributed by atoms with van der Waals surface area (Å²) in [6.07, 6.45) is 8.63. The highest BCUT2D eigenvalue weighted by atomic mass is 35.5. The van der Waals surface area contributed by atoms with E-state index in [2.05, 4.69) is 48.5 Å². The number of likely N-dealkylation sites (tertiary alicyclic amines) is 1. The largest absolute Gasteiger partial charge is 1.00 e. The Kier molecular flexibility index (Phi) is 30.3. The monoisotopic (exact) mass is 777 g/mol. The fourth-order valence-corrected chi connectivity index (χ4v) is 6.13. The molecule has 1 aliphatic heterocycles. The Hall–Kier alpha value is -1.74. The molecule has 0 spiro atoms. The minimum atomic E-state index is 0. The van der Waals surface area contributed by atoms with Crippen molar-refractivity contribution in [3.63, 3.8) is 0 Å². The maximum Gasteiger partial charge on any atom is 0.119 e. The molecule has 1 saturated heterocycles. The Balaban J connectivity index is 0.00000676. The van der Waals surface area contributed by atoms with Gasteiger partial charge in [0.1, 0.15) is 24.7 Å². The first kappa shape index (κ1) is 48.3. The molecule has 2 aromatic carbocycles. The zero-order chi connectivity index (χ0) is 35.2. The molecular weight excluding hydrogens is 713 g/mol. The van der Waals surface area contributed by atoms with Crippen LogP contribution in [0.5, 0.6) is 11.5 Å². The maximum atomic E-state index is 8.67. The molecule has 13 heteroatoms. The Morgan fingerprint density at radius 1 is 0.442 bits per heavy atom. The third-order valence-electron chi connectivity index (χ3n) is 8.76. The predicted octanol–water partition coefficient (Wildman–Crippen LogP) is 1.52. The van der Waals surface area contributed by atoms with Gasteiger partial charge in [-0.05, 0) is 67.5 Å². The third-order valence-corrected chi connectivity index (χ3v) is 8.76. The topological polar surface area (TPSA) is 114 Å². The van der Waals surface area contributed by atoms with E-state index >= 15 is 0 Å². The van der Waals surface area contributed by atoms with Gasteiger partial charge in [0.05, 0.1) is 119 Å². The van der Waals surface area contributed by atoms with Gasteiger partial charge in [-0.2, -0.15) is 0 Å². The van der Waals surface area contributed by atoms with E-state index in [1.165, 1.54) is 73.9 Å². The normalized spacial score (nSPS) is 13.7. The van der Waals surface area contributed by atoms with Gasteiger partial charge in [-0.25, -0.2) is 0 Å². The second-order valence-electron chi connectivity index (χ2n) is 12.6. The molecule has 11 nitrogen and oxygen atoms in total. The number of piperidine rings is 1. The number of halogens is 2. The number of aliphatic hydroxyl groups excluding tert-OH is 2. The van der Waals surface area contributed by atoms with Crippen molar-refractivity contribution in [3.8, 4) is 11.5 Å². The molecule has 300 valence electrons. The van der Waals surface area contributed by atoms with Crippen molar-refractivity contribution in [2.24, 2.45) is 0 Å². The number of hydrogen-bond acceptors (Lipinski definition) is 10. The van der Waals surface area contributed by atoms with Crippen molar-refractivity contribution in [2.75, 3.05) is 132 Å². The van der Waals surface area contributed by atoms with Gasteiger partial charge in [-0.1, -0.05) is 24.3 Å². The van der Waals surface area contributed by atoms with Crippen molar-refractivity contribution in [2.45, 2.75) is 44.9 Å². The molecule has 0 saturated carbocycles. The van der Waals surface area contributed by atoms with E-state index in [0.717, 1.165) is 24.3 Å². The summed E-state index contributed by atoms with van der Waals surface area (Å²) < 4.78 is 45.2. The third kappa shape index (κ3) is 23.1. The molecule has 0 aromatic heterocycles. The van der Waals surface area contributed by atoms with Crippen molar-refractivity contribution < 1.29 is 65.0 Å². The van der Waals surface area contributed by atoms with Crippen molar-refractivity contribution in [1.82, 2.24) is 0 Å². The molecule has 0 bridgehead atoms. The van der Waals surface area contributed by atoms with Crippen molar-refractivity contribution >= 4 is 12.4 Å². The number of nitrogens with zero attached hydrogens (tertiary/aromatic N) is 1. The summed E-state index contributed by atoms with van der Waals surface area (Å²) in [5.74, 6) is 1.75. The van der Waals surface area contributed by atoms with E-state index in [9.17, 15) is 0 Å². The molecule has 3 rings (SSSR count). The van der Waals surface area contributed by atoms with Gasteiger partial charge in [0.2, 0.25) is 0 Å². The van der Waals surface area contributed by atoms with Crippen LogP contribution in [0.25, 0.3) is 0 Å². The number of benzene rings is 2. The van der Waals surface area contributed by atoms with Gasteiger partial charge in [0, 0.05) is 12.8 Å². The summed E-state index contributed by atoms with van der Waals surface area (Å²) in [7, 11) is 0. The molecule has 52 heavy (non-hydrogen) atoms. The molecule has 1 aliphatic rings. The average molecular weight is 779 g/mol. The number of hydrogen-bond donors (Lipinski definition) is 2. The minimum absolute atomic E-state index is 0. The fraction of sp³-hybridized carbons (Fsp3) is 0.692. The molecule has 2 N–H and O–H groups in total. The molecule has 0 aliphatic carbocycles. The second kappa shape index (κ2) is 32.7. The van der Waals surface area contributed by atoms with Gasteiger partial charge in [0.25, 0.3) is 0 Å². The first-order valence-corrected chi connectivity index (χ1v) is 18.7. The van der Waals surface area contributed by atoms with Crippen molar-refractivity contribution in [3.05, 3.63) is 59.7 Å². The van der Waals surface area contributed by atoms with Crippen molar-refractivity contribution in [1.29, 1.82) is 0 Å². The first-order chi connectivity index (χ1) is 24.7. The van der Waals surface area contributed by atoms with Crippen LogP contribution >= 0.6 is 12.4 Å². The zero-order valence-electron chi connectivity index (χ0n) is 31.1. The Bertz CT molecular complexity index is 985. The Labute approximate surface area is 324 Å². The average Bonchev–Trinajstić information content (AvgIpc) is 3.14. The van der Waals surface area contributed by atoms with E-state index < -0.39 is 0 Å². The van der Waals surface area contributed by atoms with E-state index in [-0.39, 0.29) is 38.0 Å². The lowest BCUT2D eigenvalue weighted by molar-refractivity contribution is -0.932. The van der Waals surface area contributed by atoms with Crippen LogP contribution in [0.15, 0.2) is 48.5 Å². The van der Waals surface area contributed by atoms with Crippen LogP contribution in [-0.2, 0) is 41.3 Å². The SMILES string of the molecule is Cl.OCCOCCOCCOCCOc1ccc(CCC[N+]2(CCCc3ccc(OCCOCCOCCOCCO)cc3)CCCCC2)cc1.[Cl-]. The lowest BCUT2D eigenvalue weighted by Gasteiger charge is -2.42. The number of aliphatic hydroxyl groups is 2. The molecule has 1 fully saturated rings. The van der Waals surface area contributed by atoms with Crippen LogP contribution in [0.3, 0.4) is 0 Å². The Morgan fingerprint density at radius 3 is 1.12 bits per heavy atom. The number of rotatable bonds is 32. The summed E-state index contributed by atoms with van der Waals surface area (Å²) in [5, 5.41) is 17.3. The van der Waals surface area contributed by atoms with Gasteiger partial charge in [0.15, 0.2) is 0 Å². The van der Waals surface area contributed by atoms with Crippen LogP contribution in [0.4, 0.5) is 0 Å². The highest BCUT2D eigenvalue weighted by Crippen LogP contribution is 2.23. The van der Waals surface area contributed by atoms with Crippen LogP contribution in [0, 0.1) is 0 Å². The number of ether oxygens (including phenoxy) is 8. The Morgan fingerprint density at radius 2 is 0.769 bits per heavy atom. The van der Waals surface area contributed by atoms with Crippen LogP contribution in [-0.4, -0.2) is 147 Å². The minimum Gasteiger partial charge on any atom is -1.00 e. The zero-order valence-corrected chi connectivity index (χ0v) is 32.7. The van der Waals surface area contributed by atoms with Gasteiger partial charge in [-0.15, -0.1) is 12.4 Å². The molecule has 0 unspecified atom stereocenters. The highest BCUT2D eigenvalue weighted by Gasteiger charge is 2.28. The summed E-state index contributed by atoms with van der Waals surface area (Å²) in [4.78, 5) is 0. The fourth-order valence-electron chi connectivity index (χ4n) is 6.13. The predicted molar refractivity (Wildman–Crippen MR) is 200 cm³/mol. The van der Waals surface area contributed by atoms with E-state index in [1.807, 2.05) is 0 Å². The summed E-state index contributed by atoms with van der Waals surface area (Å²) in [6, 6.07) is 17.1. The van der Waals surface area contributed by atoms with E-state index in [1.54, 1.807) is 0 Å². The summed E-state index contributed by atoms with van der Waals surface area (Å²) in [5.41, 5.74) is 2.73.